The highest BCUT2D eigenvalue weighted by atomic mass is 35.5. The van der Waals surface area contributed by atoms with Gasteiger partial charge >= 0.3 is 6.43 Å². The van der Waals surface area contributed by atoms with Crippen molar-refractivity contribution in [2.75, 3.05) is 31.1 Å². The van der Waals surface area contributed by atoms with Gasteiger partial charge in [-0.1, -0.05) is 29.3 Å². The number of alkyl halides is 2. The molecule has 1 aromatic heterocycles. The fraction of sp³-hybridized carbons (Fsp3) is 0.333. The number of hydrogen-bond acceptors (Lipinski definition) is 5. The van der Waals surface area contributed by atoms with Gasteiger partial charge in [0.1, 0.15) is 5.82 Å². The molecule has 162 valence electrons. The lowest BCUT2D eigenvalue weighted by Gasteiger charge is -2.61. The fourth-order valence-electron chi connectivity index (χ4n) is 4.33. The number of halogens is 5. The predicted molar refractivity (Wildman–Crippen MR) is 111 cm³/mol. The highest BCUT2D eigenvalue weighted by molar-refractivity contribution is 6.42. The zero-order valence-electron chi connectivity index (χ0n) is 16.2. The Balaban J connectivity index is 1.17. The summed E-state index contributed by atoms with van der Waals surface area (Å²) < 4.78 is 44.6. The number of likely N-dealkylation sites (tertiary alicyclic amines) is 1. The Hall–Kier alpha value is -2.29. The van der Waals surface area contributed by atoms with Crippen molar-refractivity contribution in [3.8, 4) is 11.5 Å². The quantitative estimate of drug-likeness (QED) is 0.498. The monoisotopic (exact) mass is 468 g/mol. The van der Waals surface area contributed by atoms with Crippen LogP contribution in [0.1, 0.15) is 17.9 Å². The predicted octanol–water partition coefficient (Wildman–Crippen LogP) is 5.44. The van der Waals surface area contributed by atoms with Crippen LogP contribution in [0.25, 0.3) is 11.5 Å². The van der Waals surface area contributed by atoms with E-state index in [2.05, 4.69) is 20.0 Å². The largest absolute Gasteiger partial charge is 0.415 e. The second-order valence-corrected chi connectivity index (χ2v) is 8.97. The molecule has 0 amide bonds. The zero-order valence-corrected chi connectivity index (χ0v) is 17.7. The van der Waals surface area contributed by atoms with Gasteiger partial charge in [-0.3, -0.25) is 4.90 Å². The third-order valence-electron chi connectivity index (χ3n) is 5.76. The van der Waals surface area contributed by atoms with Crippen LogP contribution in [0.15, 0.2) is 40.8 Å². The molecular formula is C21H17Cl2F3N4O. The highest BCUT2D eigenvalue weighted by Gasteiger charge is 2.51. The summed E-state index contributed by atoms with van der Waals surface area (Å²) in [6.07, 6.45) is -2.86. The van der Waals surface area contributed by atoms with Gasteiger partial charge in [0.2, 0.25) is 5.89 Å². The van der Waals surface area contributed by atoms with Crippen molar-refractivity contribution in [3.63, 3.8) is 0 Å². The van der Waals surface area contributed by atoms with E-state index in [0.717, 1.165) is 31.9 Å². The molecule has 0 unspecified atom stereocenters. The summed E-state index contributed by atoms with van der Waals surface area (Å²) in [5.41, 5.74) is 2.08. The van der Waals surface area contributed by atoms with Gasteiger partial charge in [0.05, 0.1) is 10.0 Å². The topological polar surface area (TPSA) is 45.4 Å². The van der Waals surface area contributed by atoms with Crippen LogP contribution in [0, 0.1) is 11.2 Å². The molecule has 2 fully saturated rings. The Bertz CT molecular complexity index is 1130. The second kappa shape index (κ2) is 7.69. The molecule has 1 spiro atoms. The zero-order chi connectivity index (χ0) is 21.8. The minimum Gasteiger partial charge on any atom is -0.415 e. The summed E-state index contributed by atoms with van der Waals surface area (Å²) in [7, 11) is 0. The molecule has 2 aromatic carbocycles. The van der Waals surface area contributed by atoms with Crippen molar-refractivity contribution in [3.05, 3.63) is 63.7 Å². The molecule has 2 aliphatic rings. The molecule has 2 aliphatic heterocycles. The van der Waals surface area contributed by atoms with Crippen LogP contribution in [0.2, 0.25) is 10.0 Å². The molecule has 2 saturated heterocycles. The SMILES string of the molecule is Fc1cc(-c2nnc(C(F)F)o2)ccc1CN1CC2(C1)CN(c1ccc(Cl)c(Cl)c1)C2. The molecule has 5 rings (SSSR count). The van der Waals surface area contributed by atoms with Gasteiger partial charge in [0.25, 0.3) is 5.89 Å². The number of aromatic nitrogens is 2. The first-order valence-corrected chi connectivity index (χ1v) is 10.4. The maximum absolute atomic E-state index is 14.6. The molecular weight excluding hydrogens is 452 g/mol. The van der Waals surface area contributed by atoms with Crippen LogP contribution in [-0.2, 0) is 6.54 Å². The molecule has 31 heavy (non-hydrogen) atoms. The molecule has 0 radical (unpaired) electrons. The van der Waals surface area contributed by atoms with Crippen molar-refractivity contribution in [2.45, 2.75) is 13.0 Å². The van der Waals surface area contributed by atoms with E-state index >= 15 is 0 Å². The molecule has 5 nitrogen and oxygen atoms in total. The van der Waals surface area contributed by atoms with Gasteiger partial charge in [-0.25, -0.2) is 4.39 Å². The summed E-state index contributed by atoms with van der Waals surface area (Å²) in [6, 6.07) is 10.1. The molecule has 0 N–H and O–H groups in total. The van der Waals surface area contributed by atoms with Crippen molar-refractivity contribution >= 4 is 28.9 Å². The Labute approximate surface area is 186 Å². The average Bonchev–Trinajstić information content (AvgIpc) is 3.17. The summed E-state index contributed by atoms with van der Waals surface area (Å²) in [4.78, 5) is 4.44. The Morgan fingerprint density at radius 2 is 1.77 bits per heavy atom. The minimum atomic E-state index is -2.86. The lowest BCUT2D eigenvalue weighted by molar-refractivity contribution is -0.0278. The molecule has 0 bridgehead atoms. The maximum Gasteiger partial charge on any atom is 0.314 e. The molecule has 10 heteroatoms. The summed E-state index contributed by atoms with van der Waals surface area (Å²) in [5.74, 6) is -1.33. The number of rotatable bonds is 5. The van der Waals surface area contributed by atoms with E-state index in [1.54, 1.807) is 18.2 Å². The first-order chi connectivity index (χ1) is 14.8. The molecule has 3 heterocycles. The standard InChI is InChI=1S/C21H17Cl2F3N4O/c22-15-4-3-14(6-16(15)23)30-10-21(11-30)8-29(9-21)7-13-2-1-12(5-17(13)24)19-27-28-20(31-19)18(25)26/h1-6,18H,7-11H2. The number of hydrogen-bond donors (Lipinski definition) is 0. The Morgan fingerprint density at radius 3 is 2.42 bits per heavy atom. The van der Waals surface area contributed by atoms with Gasteiger partial charge in [-0.05, 0) is 30.3 Å². The summed E-state index contributed by atoms with van der Waals surface area (Å²) >= 11 is 12.1. The van der Waals surface area contributed by atoms with Crippen molar-refractivity contribution in [1.82, 2.24) is 15.1 Å². The first-order valence-electron chi connectivity index (χ1n) is 9.65. The van der Waals surface area contributed by atoms with Gasteiger partial charge in [0.15, 0.2) is 0 Å². The smallest absolute Gasteiger partial charge is 0.314 e. The lowest BCUT2D eigenvalue weighted by atomic mass is 9.72. The van der Waals surface area contributed by atoms with E-state index in [-0.39, 0.29) is 16.9 Å². The molecule has 0 aliphatic carbocycles. The summed E-state index contributed by atoms with van der Waals surface area (Å²) in [6.45, 7) is 4.09. The van der Waals surface area contributed by atoms with E-state index in [1.807, 2.05) is 12.1 Å². The minimum absolute atomic E-state index is 0.125. The van der Waals surface area contributed by atoms with Gasteiger partial charge in [-0.15, -0.1) is 10.2 Å². The summed E-state index contributed by atoms with van der Waals surface area (Å²) in [5, 5.41) is 7.90. The maximum atomic E-state index is 14.6. The Kier molecular flexibility index (Phi) is 5.11. The fourth-order valence-corrected chi connectivity index (χ4v) is 4.62. The van der Waals surface area contributed by atoms with Crippen LogP contribution in [-0.4, -0.2) is 41.3 Å². The Morgan fingerprint density at radius 1 is 1.00 bits per heavy atom. The van der Waals surface area contributed by atoms with Crippen molar-refractivity contribution < 1.29 is 17.6 Å². The first kappa shape index (κ1) is 20.6. The van der Waals surface area contributed by atoms with Gasteiger partial charge in [0, 0.05) is 55.0 Å². The normalized spacial score (nSPS) is 17.8. The van der Waals surface area contributed by atoms with Gasteiger partial charge in [-0.2, -0.15) is 8.78 Å². The number of anilines is 1. The lowest BCUT2D eigenvalue weighted by Crippen LogP contribution is -2.72. The van der Waals surface area contributed by atoms with E-state index in [0.29, 0.717) is 22.2 Å². The van der Waals surface area contributed by atoms with Gasteiger partial charge < -0.3 is 9.32 Å². The number of nitrogens with zero attached hydrogens (tertiary/aromatic N) is 4. The van der Waals surface area contributed by atoms with E-state index in [9.17, 15) is 13.2 Å². The molecule has 0 atom stereocenters. The van der Waals surface area contributed by atoms with Crippen molar-refractivity contribution in [2.24, 2.45) is 5.41 Å². The highest BCUT2D eigenvalue weighted by Crippen LogP contribution is 2.43. The molecule has 0 saturated carbocycles. The van der Waals surface area contributed by atoms with Crippen molar-refractivity contribution in [1.29, 1.82) is 0 Å². The van der Waals surface area contributed by atoms with E-state index in [4.69, 9.17) is 27.6 Å². The van der Waals surface area contributed by atoms with Crippen LogP contribution >= 0.6 is 23.2 Å². The second-order valence-electron chi connectivity index (χ2n) is 8.15. The average molecular weight is 469 g/mol. The molecule has 3 aromatic rings. The van der Waals surface area contributed by atoms with Crippen LogP contribution in [0.3, 0.4) is 0 Å². The van der Waals surface area contributed by atoms with Crippen LogP contribution < -0.4 is 4.90 Å². The third-order valence-corrected chi connectivity index (χ3v) is 6.50. The van der Waals surface area contributed by atoms with Crippen LogP contribution in [0.5, 0.6) is 0 Å². The van der Waals surface area contributed by atoms with Crippen LogP contribution in [0.4, 0.5) is 18.9 Å². The van der Waals surface area contributed by atoms with E-state index < -0.39 is 18.1 Å². The number of benzene rings is 2. The van der Waals surface area contributed by atoms with E-state index in [1.165, 1.54) is 6.07 Å². The third kappa shape index (κ3) is 3.88.